The monoisotopic (exact) mass is 294 g/mol. The van der Waals surface area contributed by atoms with E-state index in [1.165, 1.54) is 4.90 Å². The summed E-state index contributed by atoms with van der Waals surface area (Å²) < 4.78 is 0. The molecule has 2 amide bonds. The van der Waals surface area contributed by atoms with Crippen LogP contribution in [0.25, 0.3) is 0 Å². The van der Waals surface area contributed by atoms with Crippen LogP contribution in [-0.2, 0) is 4.79 Å². The number of amides is 2. The van der Waals surface area contributed by atoms with Gasteiger partial charge in [-0.05, 0) is 31.0 Å². The second-order valence-corrected chi connectivity index (χ2v) is 5.77. The van der Waals surface area contributed by atoms with E-state index in [0.29, 0.717) is 16.3 Å². The molecule has 2 rings (SSSR count). The fourth-order valence-electron chi connectivity index (χ4n) is 2.44. The van der Waals surface area contributed by atoms with Gasteiger partial charge in [-0.2, -0.15) is 0 Å². The summed E-state index contributed by atoms with van der Waals surface area (Å²) in [6, 6.07) is 4.94. The molecule has 4 nitrogen and oxygen atoms in total. The van der Waals surface area contributed by atoms with E-state index < -0.39 is 0 Å². The Morgan fingerprint density at radius 3 is 2.50 bits per heavy atom. The molecule has 0 radical (unpaired) electrons. The third kappa shape index (κ3) is 3.31. The summed E-state index contributed by atoms with van der Waals surface area (Å²) in [4.78, 5) is 25.5. The molecule has 0 atom stereocenters. The van der Waals surface area contributed by atoms with Crippen LogP contribution in [0, 0.1) is 5.92 Å². The smallest absolute Gasteiger partial charge is 0.253 e. The van der Waals surface area contributed by atoms with E-state index in [1.54, 1.807) is 32.3 Å². The normalized spacial score (nSPS) is 15.2. The molecule has 0 aliphatic heterocycles. The van der Waals surface area contributed by atoms with Crippen LogP contribution in [0.2, 0.25) is 5.02 Å². The molecule has 0 bridgehead atoms. The molecule has 1 saturated carbocycles. The number of hydrogen-bond acceptors (Lipinski definition) is 2. The lowest BCUT2D eigenvalue weighted by Crippen LogP contribution is -2.23. The summed E-state index contributed by atoms with van der Waals surface area (Å²) in [7, 11) is 3.38. The summed E-state index contributed by atoms with van der Waals surface area (Å²) in [5, 5.41) is 3.30. The maximum Gasteiger partial charge on any atom is 0.253 e. The Kier molecular flexibility index (Phi) is 4.65. The molecule has 1 N–H and O–H groups in total. The Bertz CT molecular complexity index is 523. The number of halogens is 1. The third-order valence-corrected chi connectivity index (χ3v) is 3.93. The number of rotatable bonds is 3. The van der Waals surface area contributed by atoms with Crippen LogP contribution in [-0.4, -0.2) is 30.8 Å². The zero-order valence-corrected chi connectivity index (χ0v) is 12.5. The lowest BCUT2D eigenvalue weighted by molar-refractivity contribution is -0.119. The van der Waals surface area contributed by atoms with Crippen LogP contribution < -0.4 is 5.32 Å². The van der Waals surface area contributed by atoms with Crippen molar-refractivity contribution in [2.45, 2.75) is 25.7 Å². The Balaban J connectivity index is 2.16. The fourth-order valence-corrected chi connectivity index (χ4v) is 2.60. The van der Waals surface area contributed by atoms with Crippen molar-refractivity contribution in [3.63, 3.8) is 0 Å². The number of hydrogen-bond donors (Lipinski definition) is 1. The average Bonchev–Trinajstić information content (AvgIpc) is 2.94. The molecule has 1 aliphatic carbocycles. The van der Waals surface area contributed by atoms with E-state index in [4.69, 9.17) is 11.6 Å². The third-order valence-electron chi connectivity index (χ3n) is 3.60. The minimum atomic E-state index is -0.113. The average molecular weight is 295 g/mol. The van der Waals surface area contributed by atoms with E-state index >= 15 is 0 Å². The minimum Gasteiger partial charge on any atom is -0.345 e. The first-order chi connectivity index (χ1) is 9.49. The number of anilines is 1. The van der Waals surface area contributed by atoms with Crippen LogP contribution >= 0.6 is 11.6 Å². The standard InChI is InChI=1S/C15H19ClN2O2/c1-18(2)15(20)11-7-8-12(16)13(9-11)17-14(19)10-5-3-4-6-10/h7-10H,3-6H2,1-2H3,(H,17,19). The first-order valence-corrected chi connectivity index (χ1v) is 7.19. The summed E-state index contributed by atoms with van der Waals surface area (Å²) >= 11 is 6.09. The number of carbonyl (C=O) groups is 2. The molecule has 1 aliphatic rings. The molecular formula is C15H19ClN2O2. The Morgan fingerprint density at radius 1 is 1.25 bits per heavy atom. The van der Waals surface area contributed by atoms with E-state index in [2.05, 4.69) is 5.32 Å². The van der Waals surface area contributed by atoms with Gasteiger partial charge in [-0.15, -0.1) is 0 Å². The maximum atomic E-state index is 12.1. The molecule has 0 unspecified atom stereocenters. The van der Waals surface area contributed by atoms with Crippen LogP contribution in [0.1, 0.15) is 36.0 Å². The highest BCUT2D eigenvalue weighted by molar-refractivity contribution is 6.33. The molecule has 0 spiro atoms. The Labute approximate surface area is 124 Å². The minimum absolute atomic E-state index is 0.00106. The summed E-state index contributed by atoms with van der Waals surface area (Å²) in [6.07, 6.45) is 4.06. The van der Waals surface area contributed by atoms with Crippen molar-refractivity contribution in [2.24, 2.45) is 5.92 Å². The van der Waals surface area contributed by atoms with Gasteiger partial charge in [0.15, 0.2) is 0 Å². The lowest BCUT2D eigenvalue weighted by Gasteiger charge is -2.14. The Hall–Kier alpha value is -1.55. The van der Waals surface area contributed by atoms with Crippen molar-refractivity contribution in [3.05, 3.63) is 28.8 Å². The van der Waals surface area contributed by atoms with E-state index in [1.807, 2.05) is 0 Å². The fraction of sp³-hybridized carbons (Fsp3) is 0.467. The van der Waals surface area contributed by atoms with Crippen molar-refractivity contribution in [1.29, 1.82) is 0 Å². The molecule has 1 fully saturated rings. The van der Waals surface area contributed by atoms with Crippen LogP contribution in [0.5, 0.6) is 0 Å². The molecule has 0 saturated heterocycles. The number of carbonyl (C=O) groups excluding carboxylic acids is 2. The Morgan fingerprint density at radius 2 is 1.90 bits per heavy atom. The molecule has 0 heterocycles. The van der Waals surface area contributed by atoms with Gasteiger partial charge in [0.2, 0.25) is 5.91 Å². The molecule has 1 aromatic carbocycles. The van der Waals surface area contributed by atoms with E-state index in [-0.39, 0.29) is 17.7 Å². The molecule has 20 heavy (non-hydrogen) atoms. The van der Waals surface area contributed by atoms with Crippen LogP contribution in [0.4, 0.5) is 5.69 Å². The van der Waals surface area contributed by atoms with Gasteiger partial charge in [0.05, 0.1) is 10.7 Å². The molecule has 108 valence electrons. The van der Waals surface area contributed by atoms with Gasteiger partial charge in [0.25, 0.3) is 5.91 Å². The maximum absolute atomic E-state index is 12.1. The number of nitrogens with zero attached hydrogens (tertiary/aromatic N) is 1. The predicted molar refractivity (Wildman–Crippen MR) is 80.1 cm³/mol. The van der Waals surface area contributed by atoms with Crippen molar-refractivity contribution in [1.82, 2.24) is 4.90 Å². The molecule has 0 aromatic heterocycles. The highest BCUT2D eigenvalue weighted by Crippen LogP contribution is 2.28. The molecular weight excluding hydrogens is 276 g/mol. The second kappa shape index (κ2) is 6.27. The van der Waals surface area contributed by atoms with Crippen LogP contribution in [0.3, 0.4) is 0 Å². The lowest BCUT2D eigenvalue weighted by atomic mass is 10.1. The van der Waals surface area contributed by atoms with Crippen molar-refractivity contribution in [2.75, 3.05) is 19.4 Å². The zero-order chi connectivity index (χ0) is 14.7. The largest absolute Gasteiger partial charge is 0.345 e. The topological polar surface area (TPSA) is 49.4 Å². The van der Waals surface area contributed by atoms with Crippen molar-refractivity contribution < 1.29 is 9.59 Å². The van der Waals surface area contributed by atoms with Gasteiger partial charge in [0, 0.05) is 25.6 Å². The van der Waals surface area contributed by atoms with Gasteiger partial charge >= 0.3 is 0 Å². The SMILES string of the molecule is CN(C)C(=O)c1ccc(Cl)c(NC(=O)C2CCCC2)c1. The highest BCUT2D eigenvalue weighted by atomic mass is 35.5. The summed E-state index contributed by atoms with van der Waals surface area (Å²) in [5.41, 5.74) is 1.03. The molecule has 1 aromatic rings. The zero-order valence-electron chi connectivity index (χ0n) is 11.8. The van der Waals surface area contributed by atoms with E-state index in [9.17, 15) is 9.59 Å². The predicted octanol–water partition coefficient (Wildman–Crippen LogP) is 3.17. The second-order valence-electron chi connectivity index (χ2n) is 5.36. The van der Waals surface area contributed by atoms with Crippen molar-refractivity contribution in [3.8, 4) is 0 Å². The van der Waals surface area contributed by atoms with Crippen molar-refractivity contribution >= 4 is 29.1 Å². The first-order valence-electron chi connectivity index (χ1n) is 6.81. The number of benzene rings is 1. The van der Waals surface area contributed by atoms with Gasteiger partial charge in [-0.25, -0.2) is 0 Å². The molecule has 5 heteroatoms. The van der Waals surface area contributed by atoms with Gasteiger partial charge < -0.3 is 10.2 Å². The van der Waals surface area contributed by atoms with Gasteiger partial charge in [-0.1, -0.05) is 24.4 Å². The van der Waals surface area contributed by atoms with Gasteiger partial charge in [0.1, 0.15) is 0 Å². The first kappa shape index (κ1) is 14.9. The highest BCUT2D eigenvalue weighted by Gasteiger charge is 2.23. The van der Waals surface area contributed by atoms with Crippen LogP contribution in [0.15, 0.2) is 18.2 Å². The quantitative estimate of drug-likeness (QED) is 0.931. The van der Waals surface area contributed by atoms with Gasteiger partial charge in [-0.3, -0.25) is 9.59 Å². The summed E-state index contributed by atoms with van der Waals surface area (Å²) in [6.45, 7) is 0. The summed E-state index contributed by atoms with van der Waals surface area (Å²) in [5.74, 6) is -0.0452. The number of nitrogens with one attached hydrogen (secondary N) is 1. The van der Waals surface area contributed by atoms with E-state index in [0.717, 1.165) is 25.7 Å².